The molecular weight excluding hydrogens is 270 g/mol. The number of anilines is 1. The van der Waals surface area contributed by atoms with Crippen molar-refractivity contribution in [3.63, 3.8) is 0 Å². The molecule has 1 aliphatic rings. The molecule has 6 heteroatoms. The molecule has 1 aromatic carbocycles. The molecule has 1 N–H and O–H groups in total. The summed E-state index contributed by atoms with van der Waals surface area (Å²) in [7, 11) is 0. The predicted octanol–water partition coefficient (Wildman–Crippen LogP) is 3.04. The lowest BCUT2D eigenvalue weighted by atomic mass is 10.1. The largest absolute Gasteiger partial charge is 0.379 e. The highest BCUT2D eigenvalue weighted by Crippen LogP contribution is 2.32. The highest BCUT2D eigenvalue weighted by atomic mass is 16.6. The molecule has 1 saturated heterocycles. The van der Waals surface area contributed by atoms with Gasteiger partial charge in [0.1, 0.15) is 0 Å². The van der Waals surface area contributed by atoms with Crippen molar-refractivity contribution in [2.75, 3.05) is 11.9 Å². The van der Waals surface area contributed by atoms with Crippen LogP contribution in [-0.4, -0.2) is 28.7 Å². The van der Waals surface area contributed by atoms with Crippen LogP contribution in [0, 0.1) is 17.0 Å². The second-order valence-corrected chi connectivity index (χ2v) is 5.38. The van der Waals surface area contributed by atoms with Crippen LogP contribution >= 0.6 is 0 Å². The van der Waals surface area contributed by atoms with Crippen LogP contribution in [0.15, 0.2) is 24.4 Å². The summed E-state index contributed by atoms with van der Waals surface area (Å²) in [5, 5.41) is 16.0. The van der Waals surface area contributed by atoms with Gasteiger partial charge in [-0.15, -0.1) is 0 Å². The zero-order chi connectivity index (χ0) is 15.0. The lowest BCUT2D eigenvalue weighted by Gasteiger charge is -2.19. The van der Waals surface area contributed by atoms with E-state index in [1.165, 1.54) is 6.07 Å². The zero-order valence-electron chi connectivity index (χ0n) is 12.0. The van der Waals surface area contributed by atoms with E-state index in [1.807, 2.05) is 19.9 Å². The number of hydrogen-bond acceptors (Lipinski definition) is 5. The molecule has 21 heavy (non-hydrogen) atoms. The second kappa shape index (κ2) is 5.29. The zero-order valence-corrected chi connectivity index (χ0v) is 12.0. The van der Waals surface area contributed by atoms with E-state index in [0.717, 1.165) is 29.8 Å². The highest BCUT2D eigenvalue weighted by molar-refractivity contribution is 5.99. The molecule has 0 spiro atoms. The quantitative estimate of drug-likeness (QED) is 0.693. The third-order valence-corrected chi connectivity index (χ3v) is 3.93. The first kappa shape index (κ1) is 13.8. The van der Waals surface area contributed by atoms with Crippen LogP contribution in [-0.2, 0) is 4.74 Å². The Morgan fingerprint density at radius 3 is 2.90 bits per heavy atom. The molecule has 2 unspecified atom stereocenters. The van der Waals surface area contributed by atoms with Gasteiger partial charge in [0, 0.05) is 35.6 Å². The third kappa shape index (κ3) is 2.54. The Labute approximate surface area is 122 Å². The summed E-state index contributed by atoms with van der Waals surface area (Å²) < 4.78 is 5.55. The fraction of sp³-hybridized carbons (Fsp3) is 0.400. The number of aryl methyl sites for hydroxylation is 1. The third-order valence-electron chi connectivity index (χ3n) is 3.93. The SMILES string of the molecule is Cc1cc2c(NC3CCOC3C)ccc([N+](=O)[O-])c2cn1. The van der Waals surface area contributed by atoms with Crippen LogP contribution in [0.2, 0.25) is 0 Å². The molecule has 1 aromatic heterocycles. The van der Waals surface area contributed by atoms with Crippen molar-refractivity contribution >= 4 is 22.1 Å². The number of hydrogen-bond donors (Lipinski definition) is 1. The number of rotatable bonds is 3. The molecular formula is C15H17N3O3. The molecule has 2 aromatic rings. The molecule has 1 fully saturated rings. The maximum Gasteiger partial charge on any atom is 0.278 e. The Balaban J connectivity index is 2.08. The van der Waals surface area contributed by atoms with Crippen LogP contribution in [0.5, 0.6) is 0 Å². The Morgan fingerprint density at radius 1 is 1.43 bits per heavy atom. The molecule has 6 nitrogen and oxygen atoms in total. The van der Waals surface area contributed by atoms with E-state index in [1.54, 1.807) is 12.3 Å². The minimum absolute atomic E-state index is 0.0822. The van der Waals surface area contributed by atoms with Gasteiger partial charge in [0.25, 0.3) is 5.69 Å². The summed E-state index contributed by atoms with van der Waals surface area (Å²) in [6, 6.07) is 5.40. The summed E-state index contributed by atoms with van der Waals surface area (Å²) in [6.07, 6.45) is 2.64. The normalized spacial score (nSPS) is 21.6. The number of non-ortho nitro benzene ring substituents is 1. The van der Waals surface area contributed by atoms with E-state index in [0.29, 0.717) is 5.39 Å². The van der Waals surface area contributed by atoms with Crippen LogP contribution in [0.4, 0.5) is 11.4 Å². The Morgan fingerprint density at radius 2 is 2.24 bits per heavy atom. The average molecular weight is 287 g/mol. The summed E-state index contributed by atoms with van der Waals surface area (Å²) in [6.45, 7) is 4.65. The van der Waals surface area contributed by atoms with E-state index in [-0.39, 0.29) is 22.8 Å². The first-order chi connectivity index (χ1) is 10.1. The summed E-state index contributed by atoms with van der Waals surface area (Å²) in [4.78, 5) is 15.0. The summed E-state index contributed by atoms with van der Waals surface area (Å²) in [5.41, 5.74) is 1.81. The number of benzene rings is 1. The first-order valence-electron chi connectivity index (χ1n) is 6.98. The van der Waals surface area contributed by atoms with Crippen LogP contribution < -0.4 is 5.32 Å². The van der Waals surface area contributed by atoms with Crippen molar-refractivity contribution in [1.82, 2.24) is 4.98 Å². The van der Waals surface area contributed by atoms with E-state index in [2.05, 4.69) is 10.3 Å². The summed E-state index contributed by atoms with van der Waals surface area (Å²) >= 11 is 0. The molecule has 2 heterocycles. The molecule has 0 amide bonds. The monoisotopic (exact) mass is 287 g/mol. The number of pyridine rings is 1. The molecule has 0 bridgehead atoms. The van der Waals surface area contributed by atoms with Crippen LogP contribution in [0.1, 0.15) is 19.0 Å². The Bertz CT molecular complexity index is 702. The Hall–Kier alpha value is -2.21. The van der Waals surface area contributed by atoms with Crippen molar-refractivity contribution in [3.05, 3.63) is 40.2 Å². The number of nitrogens with one attached hydrogen (secondary N) is 1. The molecule has 0 radical (unpaired) electrons. The molecule has 0 saturated carbocycles. The molecule has 0 aliphatic carbocycles. The molecule has 110 valence electrons. The Kier molecular flexibility index (Phi) is 3.47. The maximum absolute atomic E-state index is 11.1. The van der Waals surface area contributed by atoms with E-state index >= 15 is 0 Å². The van der Waals surface area contributed by atoms with E-state index < -0.39 is 0 Å². The van der Waals surface area contributed by atoms with Gasteiger partial charge in [0.2, 0.25) is 0 Å². The number of ether oxygens (including phenoxy) is 1. The second-order valence-electron chi connectivity index (χ2n) is 5.38. The highest BCUT2D eigenvalue weighted by Gasteiger charge is 2.25. The van der Waals surface area contributed by atoms with Gasteiger partial charge in [0.05, 0.1) is 22.5 Å². The smallest absolute Gasteiger partial charge is 0.278 e. The fourth-order valence-corrected chi connectivity index (χ4v) is 2.73. The minimum Gasteiger partial charge on any atom is -0.379 e. The number of nitro groups is 1. The van der Waals surface area contributed by atoms with E-state index in [9.17, 15) is 10.1 Å². The van der Waals surface area contributed by atoms with Crippen molar-refractivity contribution in [2.45, 2.75) is 32.4 Å². The van der Waals surface area contributed by atoms with Crippen LogP contribution in [0.3, 0.4) is 0 Å². The summed E-state index contributed by atoms with van der Waals surface area (Å²) in [5.74, 6) is 0. The van der Waals surface area contributed by atoms with E-state index in [4.69, 9.17) is 4.74 Å². The standard InChI is InChI=1S/C15H17N3O3/c1-9-7-11-12(8-16-9)15(18(19)20)4-3-14(11)17-13-5-6-21-10(13)2/h3-4,7-8,10,13,17H,5-6H2,1-2H3. The lowest BCUT2D eigenvalue weighted by molar-refractivity contribution is -0.383. The number of aromatic nitrogens is 1. The predicted molar refractivity (Wildman–Crippen MR) is 80.6 cm³/mol. The molecule has 1 aliphatic heterocycles. The molecule has 3 rings (SSSR count). The number of nitro benzene ring substituents is 1. The topological polar surface area (TPSA) is 77.3 Å². The minimum atomic E-state index is -0.371. The number of nitrogens with zero attached hydrogens (tertiary/aromatic N) is 2. The van der Waals surface area contributed by atoms with Crippen molar-refractivity contribution in [2.24, 2.45) is 0 Å². The molecule has 2 atom stereocenters. The van der Waals surface area contributed by atoms with Gasteiger partial charge in [-0.3, -0.25) is 15.1 Å². The number of fused-ring (bicyclic) bond motifs is 1. The van der Waals surface area contributed by atoms with Gasteiger partial charge < -0.3 is 10.1 Å². The van der Waals surface area contributed by atoms with Crippen molar-refractivity contribution in [1.29, 1.82) is 0 Å². The van der Waals surface area contributed by atoms with Gasteiger partial charge in [0.15, 0.2) is 0 Å². The first-order valence-corrected chi connectivity index (χ1v) is 6.98. The fourth-order valence-electron chi connectivity index (χ4n) is 2.73. The van der Waals surface area contributed by atoms with Crippen molar-refractivity contribution < 1.29 is 9.66 Å². The van der Waals surface area contributed by atoms with Gasteiger partial charge in [-0.2, -0.15) is 0 Å². The van der Waals surface area contributed by atoms with Gasteiger partial charge in [-0.05, 0) is 32.4 Å². The van der Waals surface area contributed by atoms with Gasteiger partial charge in [-0.25, -0.2) is 0 Å². The lowest BCUT2D eigenvalue weighted by Crippen LogP contribution is -2.26. The van der Waals surface area contributed by atoms with Crippen molar-refractivity contribution in [3.8, 4) is 0 Å². The van der Waals surface area contributed by atoms with Gasteiger partial charge in [-0.1, -0.05) is 0 Å². The van der Waals surface area contributed by atoms with Gasteiger partial charge >= 0.3 is 0 Å². The average Bonchev–Trinajstić information content (AvgIpc) is 2.84. The van der Waals surface area contributed by atoms with Crippen LogP contribution in [0.25, 0.3) is 10.8 Å². The maximum atomic E-state index is 11.1.